The van der Waals surface area contributed by atoms with Gasteiger partial charge in [0.25, 0.3) is 0 Å². The predicted octanol–water partition coefficient (Wildman–Crippen LogP) is 6.06. The second-order valence-corrected chi connectivity index (χ2v) is 9.40. The zero-order valence-corrected chi connectivity index (χ0v) is 16.5. The highest BCUT2D eigenvalue weighted by atomic mass is 32.2. The number of thioether (sulfide) groups is 2. The van der Waals surface area contributed by atoms with E-state index in [2.05, 4.69) is 58.6 Å². The van der Waals surface area contributed by atoms with E-state index in [4.69, 9.17) is 4.74 Å². The molecule has 1 saturated heterocycles. The summed E-state index contributed by atoms with van der Waals surface area (Å²) in [6.07, 6.45) is 5.23. The molecule has 0 radical (unpaired) electrons. The minimum atomic E-state index is 0.465. The molecule has 2 aromatic carbocycles. The van der Waals surface area contributed by atoms with Gasteiger partial charge in [0.05, 0.1) is 17.2 Å². The van der Waals surface area contributed by atoms with Crippen LogP contribution in [0.15, 0.2) is 36.7 Å². The molecule has 5 heteroatoms. The van der Waals surface area contributed by atoms with Gasteiger partial charge in [-0.15, -0.1) is 23.5 Å². The van der Waals surface area contributed by atoms with Gasteiger partial charge >= 0.3 is 0 Å². The van der Waals surface area contributed by atoms with Crippen molar-refractivity contribution < 1.29 is 4.74 Å². The van der Waals surface area contributed by atoms with Gasteiger partial charge in [0.1, 0.15) is 5.75 Å². The van der Waals surface area contributed by atoms with Gasteiger partial charge < -0.3 is 9.72 Å². The van der Waals surface area contributed by atoms with Crippen molar-refractivity contribution in [3.05, 3.63) is 47.8 Å². The lowest BCUT2D eigenvalue weighted by molar-refractivity contribution is 0.415. The minimum absolute atomic E-state index is 0.465. The summed E-state index contributed by atoms with van der Waals surface area (Å²) in [6, 6.07) is 8.48. The average molecular weight is 381 g/mol. The molecular weight excluding hydrogens is 360 g/mol. The fourth-order valence-corrected chi connectivity index (χ4v) is 7.00. The second-order valence-electron chi connectivity index (χ2n) is 6.67. The molecule has 2 aromatic heterocycles. The van der Waals surface area contributed by atoms with Crippen molar-refractivity contribution in [3.63, 3.8) is 0 Å². The molecule has 3 nitrogen and oxygen atoms in total. The SMILES string of the molecule is COc1ccc2[nH]c3c(C4SCCCS4)c4ccncc4c(C)c3c2c1. The monoisotopic (exact) mass is 380 g/mol. The number of ether oxygens (including phenoxy) is 1. The van der Waals surface area contributed by atoms with E-state index in [1.54, 1.807) is 7.11 Å². The van der Waals surface area contributed by atoms with Gasteiger partial charge in [-0.3, -0.25) is 4.98 Å². The second kappa shape index (κ2) is 6.39. The van der Waals surface area contributed by atoms with Crippen molar-refractivity contribution >= 4 is 56.1 Å². The highest BCUT2D eigenvalue weighted by Crippen LogP contribution is 2.50. The first kappa shape index (κ1) is 16.3. The third-order valence-electron chi connectivity index (χ3n) is 5.23. The van der Waals surface area contributed by atoms with Crippen LogP contribution in [0.5, 0.6) is 5.75 Å². The summed E-state index contributed by atoms with van der Waals surface area (Å²) in [4.78, 5) is 8.14. The normalized spacial score (nSPS) is 15.9. The molecule has 0 unspecified atom stereocenters. The van der Waals surface area contributed by atoms with Crippen LogP contribution in [-0.4, -0.2) is 28.6 Å². The number of H-pyrrole nitrogens is 1. The third-order valence-corrected chi connectivity index (χ3v) is 8.17. The molecule has 1 aliphatic rings. The molecule has 1 N–H and O–H groups in total. The first-order valence-electron chi connectivity index (χ1n) is 8.86. The number of fused-ring (bicyclic) bond motifs is 4. The van der Waals surface area contributed by atoms with Gasteiger partial charge in [-0.05, 0) is 60.1 Å². The Morgan fingerprint density at radius 3 is 2.77 bits per heavy atom. The van der Waals surface area contributed by atoms with E-state index in [1.165, 1.54) is 61.6 Å². The number of methoxy groups -OCH3 is 1. The zero-order valence-electron chi connectivity index (χ0n) is 14.8. The Morgan fingerprint density at radius 1 is 1.12 bits per heavy atom. The molecular formula is C21H20N2OS2. The Balaban J connectivity index is 1.94. The zero-order chi connectivity index (χ0) is 17.7. The molecule has 4 aromatic rings. The Labute approximate surface area is 160 Å². The van der Waals surface area contributed by atoms with Gasteiger partial charge in [0, 0.05) is 39.6 Å². The van der Waals surface area contributed by atoms with Crippen LogP contribution in [0.2, 0.25) is 0 Å². The van der Waals surface area contributed by atoms with Crippen molar-refractivity contribution in [1.29, 1.82) is 0 Å². The molecule has 1 aliphatic heterocycles. The van der Waals surface area contributed by atoms with Crippen LogP contribution >= 0.6 is 23.5 Å². The number of aromatic amines is 1. The van der Waals surface area contributed by atoms with Gasteiger partial charge in [0.2, 0.25) is 0 Å². The molecule has 132 valence electrons. The molecule has 0 spiro atoms. The van der Waals surface area contributed by atoms with Crippen LogP contribution in [0.4, 0.5) is 0 Å². The molecule has 1 fully saturated rings. The topological polar surface area (TPSA) is 37.9 Å². The number of hydrogen-bond donors (Lipinski definition) is 1. The number of nitrogens with one attached hydrogen (secondary N) is 1. The van der Waals surface area contributed by atoms with Crippen molar-refractivity contribution in [3.8, 4) is 5.75 Å². The fraction of sp³-hybridized carbons (Fsp3) is 0.286. The Bertz CT molecular complexity index is 1130. The van der Waals surface area contributed by atoms with Crippen molar-refractivity contribution in [2.45, 2.75) is 17.9 Å². The Hall–Kier alpha value is -1.85. The first-order chi connectivity index (χ1) is 12.8. The maximum Gasteiger partial charge on any atom is 0.119 e. The van der Waals surface area contributed by atoms with Crippen LogP contribution in [0, 0.1) is 6.92 Å². The van der Waals surface area contributed by atoms with Gasteiger partial charge in [-0.2, -0.15) is 0 Å². The standard InChI is InChI=1S/C21H20N2OS2/c1-12-16-11-22-7-6-14(16)19(21-25-8-3-9-26-21)20-18(12)15-10-13(24-2)4-5-17(15)23-20/h4-7,10-11,21,23H,3,8-9H2,1-2H3. The lowest BCUT2D eigenvalue weighted by Gasteiger charge is -2.24. The van der Waals surface area contributed by atoms with Crippen molar-refractivity contribution in [2.24, 2.45) is 0 Å². The Morgan fingerprint density at radius 2 is 1.96 bits per heavy atom. The summed E-state index contributed by atoms with van der Waals surface area (Å²) in [5.41, 5.74) is 5.15. The van der Waals surface area contributed by atoms with Crippen molar-refractivity contribution in [2.75, 3.05) is 18.6 Å². The van der Waals surface area contributed by atoms with Gasteiger partial charge in [-0.25, -0.2) is 0 Å². The quantitative estimate of drug-likeness (QED) is 0.459. The number of pyridine rings is 1. The van der Waals surface area contributed by atoms with Crippen LogP contribution in [0.3, 0.4) is 0 Å². The van der Waals surface area contributed by atoms with Crippen LogP contribution in [-0.2, 0) is 0 Å². The van der Waals surface area contributed by atoms with Crippen molar-refractivity contribution in [1.82, 2.24) is 9.97 Å². The van der Waals surface area contributed by atoms with Crippen LogP contribution in [0.1, 0.15) is 22.1 Å². The molecule has 0 aliphatic carbocycles. The summed E-state index contributed by atoms with van der Waals surface area (Å²) < 4.78 is 5.94. The molecule has 3 heterocycles. The molecule has 0 saturated carbocycles. The number of rotatable bonds is 2. The van der Waals surface area contributed by atoms with Crippen LogP contribution < -0.4 is 4.74 Å². The van der Waals surface area contributed by atoms with E-state index in [9.17, 15) is 0 Å². The van der Waals surface area contributed by atoms with E-state index in [0.717, 1.165) is 5.75 Å². The third kappa shape index (κ3) is 2.41. The minimum Gasteiger partial charge on any atom is -0.497 e. The highest BCUT2D eigenvalue weighted by molar-refractivity contribution is 8.16. The lowest BCUT2D eigenvalue weighted by atomic mass is 9.97. The van der Waals surface area contributed by atoms with E-state index in [0.29, 0.717) is 4.58 Å². The molecule has 0 bridgehead atoms. The Kier molecular flexibility index (Phi) is 4.02. The summed E-state index contributed by atoms with van der Waals surface area (Å²) in [5.74, 6) is 3.36. The largest absolute Gasteiger partial charge is 0.497 e. The molecule has 5 rings (SSSR count). The van der Waals surface area contributed by atoms with E-state index >= 15 is 0 Å². The molecule has 26 heavy (non-hydrogen) atoms. The first-order valence-corrected chi connectivity index (χ1v) is 11.0. The van der Waals surface area contributed by atoms with E-state index < -0.39 is 0 Å². The van der Waals surface area contributed by atoms with E-state index in [-0.39, 0.29) is 0 Å². The highest BCUT2D eigenvalue weighted by Gasteiger charge is 2.25. The maximum atomic E-state index is 5.48. The molecule has 0 amide bonds. The number of nitrogens with zero attached hydrogens (tertiary/aromatic N) is 1. The van der Waals surface area contributed by atoms with Gasteiger partial charge in [0.15, 0.2) is 0 Å². The van der Waals surface area contributed by atoms with Crippen LogP contribution in [0.25, 0.3) is 32.6 Å². The number of hydrogen-bond acceptors (Lipinski definition) is 4. The molecule has 0 atom stereocenters. The number of aryl methyl sites for hydroxylation is 1. The summed E-state index contributed by atoms with van der Waals surface area (Å²) >= 11 is 4.13. The van der Waals surface area contributed by atoms with E-state index in [1.807, 2.05) is 18.5 Å². The smallest absolute Gasteiger partial charge is 0.119 e. The summed E-state index contributed by atoms with van der Waals surface area (Å²) in [5, 5.41) is 5.12. The van der Waals surface area contributed by atoms with Gasteiger partial charge in [-0.1, -0.05) is 0 Å². The number of benzene rings is 2. The summed E-state index contributed by atoms with van der Waals surface area (Å²) in [6.45, 7) is 2.21. The average Bonchev–Trinajstić information content (AvgIpc) is 3.07. The number of aromatic nitrogens is 2. The fourth-order valence-electron chi connectivity index (χ4n) is 3.99. The maximum absolute atomic E-state index is 5.48. The summed E-state index contributed by atoms with van der Waals surface area (Å²) in [7, 11) is 1.73. The predicted molar refractivity (Wildman–Crippen MR) is 115 cm³/mol. The lowest BCUT2D eigenvalue weighted by Crippen LogP contribution is -2.02.